The van der Waals surface area contributed by atoms with Crippen LogP contribution < -0.4 is 5.32 Å². The molecule has 1 aromatic carbocycles. The van der Waals surface area contributed by atoms with Crippen LogP contribution in [0.3, 0.4) is 0 Å². The summed E-state index contributed by atoms with van der Waals surface area (Å²) in [6, 6.07) is 9.99. The van der Waals surface area contributed by atoms with E-state index in [0.29, 0.717) is 6.10 Å². The molecular weight excluding hydrogens is 300 g/mol. The van der Waals surface area contributed by atoms with Crippen molar-refractivity contribution in [2.45, 2.75) is 39.3 Å². The normalized spacial score (nSPS) is 21.3. The van der Waals surface area contributed by atoms with Crippen LogP contribution in [0.25, 0.3) is 11.6 Å². The van der Waals surface area contributed by atoms with Crippen LogP contribution in [0.2, 0.25) is 0 Å². The lowest BCUT2D eigenvalue weighted by molar-refractivity contribution is -0.110. The molecule has 1 atom stereocenters. The fraction of sp³-hybridized carbons (Fsp3) is 0.350. The van der Waals surface area contributed by atoms with Crippen molar-refractivity contribution in [2.24, 2.45) is 0 Å². The van der Waals surface area contributed by atoms with Gasteiger partial charge < -0.3 is 14.6 Å². The van der Waals surface area contributed by atoms with E-state index < -0.39 is 0 Å². The van der Waals surface area contributed by atoms with E-state index in [9.17, 15) is 4.79 Å². The van der Waals surface area contributed by atoms with Crippen LogP contribution >= 0.6 is 0 Å². The zero-order valence-electron chi connectivity index (χ0n) is 14.1. The average Bonchev–Trinajstić information content (AvgIpc) is 3.25. The minimum Gasteiger partial charge on any atom is -0.376 e. The van der Waals surface area contributed by atoms with Crippen molar-refractivity contribution in [3.05, 3.63) is 52.8 Å². The smallest absolute Gasteiger partial charge is 0.256 e. The van der Waals surface area contributed by atoms with Crippen LogP contribution in [-0.4, -0.2) is 23.2 Å². The molecule has 4 rings (SSSR count). The number of nitrogens with zero attached hydrogens (tertiary/aromatic N) is 1. The molecule has 1 fully saturated rings. The van der Waals surface area contributed by atoms with E-state index >= 15 is 0 Å². The maximum absolute atomic E-state index is 12.3. The van der Waals surface area contributed by atoms with Crippen LogP contribution in [0.15, 0.2) is 30.3 Å². The van der Waals surface area contributed by atoms with Crippen molar-refractivity contribution < 1.29 is 9.53 Å². The Morgan fingerprint density at radius 1 is 1.33 bits per heavy atom. The van der Waals surface area contributed by atoms with Gasteiger partial charge in [0, 0.05) is 41.4 Å². The lowest BCUT2D eigenvalue weighted by Crippen LogP contribution is -2.16. The van der Waals surface area contributed by atoms with Gasteiger partial charge in [-0.1, -0.05) is 18.2 Å². The molecule has 1 N–H and O–H groups in total. The molecule has 0 radical (unpaired) electrons. The first kappa shape index (κ1) is 15.2. The quantitative estimate of drug-likeness (QED) is 0.874. The predicted molar refractivity (Wildman–Crippen MR) is 95.8 cm³/mol. The number of aromatic nitrogens is 1. The van der Waals surface area contributed by atoms with Gasteiger partial charge in [-0.25, -0.2) is 0 Å². The van der Waals surface area contributed by atoms with Gasteiger partial charge in [0.05, 0.1) is 6.10 Å². The van der Waals surface area contributed by atoms with Crippen LogP contribution in [0, 0.1) is 13.8 Å². The highest BCUT2D eigenvalue weighted by atomic mass is 16.5. The van der Waals surface area contributed by atoms with Crippen molar-refractivity contribution in [2.75, 3.05) is 11.9 Å². The van der Waals surface area contributed by atoms with Gasteiger partial charge in [0.25, 0.3) is 5.91 Å². The third-order valence-corrected chi connectivity index (χ3v) is 5.03. The van der Waals surface area contributed by atoms with E-state index in [4.69, 9.17) is 4.74 Å². The predicted octanol–water partition coefficient (Wildman–Crippen LogP) is 3.78. The third-order valence-electron chi connectivity index (χ3n) is 5.03. The first-order chi connectivity index (χ1) is 11.6. The maximum Gasteiger partial charge on any atom is 0.256 e. The van der Waals surface area contributed by atoms with Gasteiger partial charge in [-0.3, -0.25) is 4.79 Å². The molecule has 1 aromatic heterocycles. The molecule has 0 bridgehead atoms. The van der Waals surface area contributed by atoms with Crippen molar-refractivity contribution in [1.82, 2.24) is 4.57 Å². The molecular formula is C20H22N2O2. The molecule has 1 saturated heterocycles. The average molecular weight is 322 g/mol. The maximum atomic E-state index is 12.3. The standard InChI is InChI=1S/C20H22N2O2/c1-13-10-15(14(2)22(13)12-16-6-5-9-24-16)11-18-17-7-3-4-8-19(17)21-20(18)23/h3-4,7-8,10-11,16H,5-6,9,12H2,1-2H3,(H,21,23)/b18-11+/t16-/m1/s1. The molecule has 2 aliphatic heterocycles. The van der Waals surface area contributed by atoms with Crippen LogP contribution in [0.4, 0.5) is 5.69 Å². The Balaban J connectivity index is 1.69. The Hall–Kier alpha value is -2.33. The third kappa shape index (κ3) is 2.57. The van der Waals surface area contributed by atoms with Gasteiger partial charge in [0.2, 0.25) is 0 Å². The van der Waals surface area contributed by atoms with Crippen LogP contribution in [-0.2, 0) is 16.1 Å². The number of benzene rings is 1. The lowest BCUT2D eigenvalue weighted by atomic mass is 10.0. The number of para-hydroxylation sites is 1. The van der Waals surface area contributed by atoms with E-state index in [1.807, 2.05) is 30.3 Å². The number of amides is 1. The number of hydrogen-bond donors (Lipinski definition) is 1. The summed E-state index contributed by atoms with van der Waals surface area (Å²) < 4.78 is 8.08. The van der Waals surface area contributed by atoms with Gasteiger partial charge in [-0.15, -0.1) is 0 Å². The van der Waals surface area contributed by atoms with Crippen molar-refractivity contribution in [3.63, 3.8) is 0 Å². The highest BCUT2D eigenvalue weighted by molar-refractivity contribution is 6.34. The Labute approximate surface area is 142 Å². The molecule has 24 heavy (non-hydrogen) atoms. The zero-order chi connectivity index (χ0) is 16.7. The SMILES string of the molecule is Cc1cc(/C=C2/C(=O)Nc3ccccc32)c(C)n1C[C@H]1CCCO1. The molecule has 0 aliphatic carbocycles. The molecule has 1 amide bonds. The summed E-state index contributed by atoms with van der Waals surface area (Å²) in [6.07, 6.45) is 4.60. The highest BCUT2D eigenvalue weighted by Gasteiger charge is 2.24. The van der Waals surface area contributed by atoms with Gasteiger partial charge in [-0.05, 0) is 50.5 Å². The number of nitrogens with one attached hydrogen (secondary N) is 1. The molecule has 0 saturated carbocycles. The van der Waals surface area contributed by atoms with Gasteiger partial charge in [-0.2, -0.15) is 0 Å². The molecule has 2 aromatic rings. The first-order valence-electron chi connectivity index (χ1n) is 8.54. The highest BCUT2D eigenvalue weighted by Crippen LogP contribution is 2.33. The number of anilines is 1. The second kappa shape index (κ2) is 5.95. The van der Waals surface area contributed by atoms with Gasteiger partial charge >= 0.3 is 0 Å². The lowest BCUT2D eigenvalue weighted by Gasteiger charge is -2.14. The number of rotatable bonds is 3. The second-order valence-corrected chi connectivity index (χ2v) is 6.63. The molecule has 3 heterocycles. The minimum atomic E-state index is -0.0277. The molecule has 4 nitrogen and oxygen atoms in total. The second-order valence-electron chi connectivity index (χ2n) is 6.63. The minimum absolute atomic E-state index is 0.0277. The molecule has 0 unspecified atom stereocenters. The molecule has 0 spiro atoms. The number of aryl methyl sites for hydroxylation is 1. The van der Waals surface area contributed by atoms with Crippen molar-refractivity contribution >= 4 is 23.2 Å². The molecule has 124 valence electrons. The summed E-state index contributed by atoms with van der Waals surface area (Å²) >= 11 is 0. The Morgan fingerprint density at radius 3 is 2.96 bits per heavy atom. The van der Waals surface area contributed by atoms with E-state index in [-0.39, 0.29) is 5.91 Å². The Morgan fingerprint density at radius 2 is 2.17 bits per heavy atom. The number of carbonyl (C=O) groups excluding carboxylic acids is 1. The molecule has 4 heteroatoms. The van der Waals surface area contributed by atoms with E-state index in [1.54, 1.807) is 0 Å². The van der Waals surface area contributed by atoms with Crippen LogP contribution in [0.5, 0.6) is 0 Å². The first-order valence-corrected chi connectivity index (χ1v) is 8.54. The summed E-state index contributed by atoms with van der Waals surface area (Å²) in [5.41, 5.74) is 6.11. The van der Waals surface area contributed by atoms with E-state index in [0.717, 1.165) is 48.4 Å². The Bertz CT molecular complexity index is 826. The summed E-state index contributed by atoms with van der Waals surface area (Å²) in [5.74, 6) is -0.0277. The topological polar surface area (TPSA) is 43.3 Å². The van der Waals surface area contributed by atoms with Crippen molar-refractivity contribution in [1.29, 1.82) is 0 Å². The number of hydrogen-bond acceptors (Lipinski definition) is 2. The summed E-state index contributed by atoms with van der Waals surface area (Å²) in [5, 5.41) is 2.93. The number of fused-ring (bicyclic) bond motifs is 1. The number of carbonyl (C=O) groups is 1. The van der Waals surface area contributed by atoms with E-state index in [2.05, 4.69) is 29.8 Å². The Kier molecular flexibility index (Phi) is 3.77. The summed E-state index contributed by atoms with van der Waals surface area (Å²) in [7, 11) is 0. The fourth-order valence-electron chi connectivity index (χ4n) is 3.68. The fourth-order valence-corrected chi connectivity index (χ4v) is 3.68. The van der Waals surface area contributed by atoms with Crippen LogP contribution in [0.1, 0.15) is 35.4 Å². The van der Waals surface area contributed by atoms with Gasteiger partial charge in [0.15, 0.2) is 0 Å². The number of ether oxygens (including phenoxy) is 1. The monoisotopic (exact) mass is 322 g/mol. The summed E-state index contributed by atoms with van der Waals surface area (Å²) in [4.78, 5) is 12.3. The van der Waals surface area contributed by atoms with Crippen molar-refractivity contribution in [3.8, 4) is 0 Å². The zero-order valence-corrected chi connectivity index (χ0v) is 14.1. The van der Waals surface area contributed by atoms with E-state index in [1.165, 1.54) is 11.4 Å². The summed E-state index contributed by atoms with van der Waals surface area (Å²) in [6.45, 7) is 6.00. The van der Waals surface area contributed by atoms with Gasteiger partial charge in [0.1, 0.15) is 0 Å². The largest absolute Gasteiger partial charge is 0.376 e. The molecule has 2 aliphatic rings.